The van der Waals surface area contributed by atoms with Crippen molar-refractivity contribution in [3.63, 3.8) is 0 Å². The number of ketones is 1. The van der Waals surface area contributed by atoms with Gasteiger partial charge in [-0.2, -0.15) is 0 Å². The van der Waals surface area contributed by atoms with Crippen LogP contribution in [-0.4, -0.2) is 40.6 Å². The number of hydrogen-bond acceptors (Lipinski definition) is 5. The van der Waals surface area contributed by atoms with E-state index in [0.717, 1.165) is 11.1 Å². The highest BCUT2D eigenvalue weighted by molar-refractivity contribution is 9.10. The number of rotatable bonds is 0. The maximum atomic E-state index is 12.1. The Morgan fingerprint density at radius 2 is 2.21 bits per heavy atom. The fraction of sp³-hybridized carbons (Fsp3) is 0.412. The van der Waals surface area contributed by atoms with E-state index in [1.54, 1.807) is 17.0 Å². The van der Waals surface area contributed by atoms with Crippen LogP contribution in [0.2, 0.25) is 0 Å². The summed E-state index contributed by atoms with van der Waals surface area (Å²) in [6, 6.07) is 1.61. The third-order valence-electron chi connectivity index (χ3n) is 5.53. The Kier molecular flexibility index (Phi) is 2.71. The zero-order valence-corrected chi connectivity index (χ0v) is 14.2. The van der Waals surface area contributed by atoms with Crippen LogP contribution in [-0.2, 0) is 21.5 Å². The zero-order valence-electron chi connectivity index (χ0n) is 12.6. The third-order valence-corrected chi connectivity index (χ3v) is 6.29. The summed E-state index contributed by atoms with van der Waals surface area (Å²) in [6.45, 7) is 0.706. The molecule has 24 heavy (non-hydrogen) atoms. The fourth-order valence-electron chi connectivity index (χ4n) is 4.46. The van der Waals surface area contributed by atoms with Crippen molar-refractivity contribution in [2.45, 2.75) is 36.9 Å². The van der Waals surface area contributed by atoms with E-state index >= 15 is 0 Å². The van der Waals surface area contributed by atoms with Gasteiger partial charge in [0.25, 0.3) is 0 Å². The van der Waals surface area contributed by atoms with Gasteiger partial charge < -0.3 is 14.6 Å². The second-order valence-corrected chi connectivity index (χ2v) is 7.58. The Morgan fingerprint density at radius 1 is 1.38 bits per heavy atom. The summed E-state index contributed by atoms with van der Waals surface area (Å²) in [7, 11) is 0. The molecule has 6 nitrogen and oxygen atoms in total. The summed E-state index contributed by atoms with van der Waals surface area (Å²) in [5, 5.41) is 10.2. The van der Waals surface area contributed by atoms with Crippen LogP contribution in [0.1, 0.15) is 24.0 Å². The first-order valence-corrected chi connectivity index (χ1v) is 8.66. The van der Waals surface area contributed by atoms with Crippen LogP contribution in [0, 0.1) is 0 Å². The monoisotopic (exact) mass is 391 g/mol. The first-order valence-electron chi connectivity index (χ1n) is 7.86. The average molecular weight is 392 g/mol. The second-order valence-electron chi connectivity index (χ2n) is 6.79. The van der Waals surface area contributed by atoms with Crippen LogP contribution in [0.5, 0.6) is 11.5 Å². The average Bonchev–Trinajstić information content (AvgIpc) is 3.00. The number of halogens is 1. The van der Waals surface area contributed by atoms with Crippen molar-refractivity contribution >= 4 is 27.8 Å². The standard InChI is InChI=1S/C17H14BrNO5/c18-14-11(21)3-8-6-19-9(7-23-16(19)22)5-17-2-1-10(20)4-12(17)24-15(14)13(8)17/h1-3,9,12,21H,4-7H2/t9-,12+,17+/m0/s1. The lowest BCUT2D eigenvalue weighted by Crippen LogP contribution is -2.44. The predicted molar refractivity (Wildman–Crippen MR) is 86.0 cm³/mol. The summed E-state index contributed by atoms with van der Waals surface area (Å²) in [6.07, 6.45) is 3.82. The van der Waals surface area contributed by atoms with Crippen LogP contribution >= 0.6 is 15.9 Å². The Balaban J connectivity index is 1.79. The molecule has 0 saturated carbocycles. The highest BCUT2D eigenvalue weighted by Gasteiger charge is 2.56. The number of hydrogen-bond donors (Lipinski definition) is 1. The van der Waals surface area contributed by atoms with E-state index in [9.17, 15) is 14.7 Å². The smallest absolute Gasteiger partial charge is 0.410 e. The molecule has 3 aliphatic heterocycles. The SMILES string of the molecule is O=C1C=C[C@]23C[C@H]4COC(=O)N4Cc4cc(O)c(Br)c(c42)O[C@@H]3C1. The first-order chi connectivity index (χ1) is 11.5. The molecule has 3 heterocycles. The van der Waals surface area contributed by atoms with Crippen molar-refractivity contribution in [2.24, 2.45) is 0 Å². The number of aromatic hydroxyl groups is 1. The van der Waals surface area contributed by atoms with Crippen molar-refractivity contribution in [1.29, 1.82) is 0 Å². The Bertz CT molecular complexity index is 835. The molecule has 0 radical (unpaired) electrons. The number of phenols is 1. The van der Waals surface area contributed by atoms with Crippen molar-refractivity contribution in [1.82, 2.24) is 4.90 Å². The van der Waals surface area contributed by atoms with Gasteiger partial charge >= 0.3 is 6.09 Å². The third kappa shape index (κ3) is 1.65. The van der Waals surface area contributed by atoms with E-state index in [-0.39, 0.29) is 29.8 Å². The lowest BCUT2D eigenvalue weighted by molar-refractivity contribution is -0.117. The van der Waals surface area contributed by atoms with E-state index in [4.69, 9.17) is 9.47 Å². The van der Waals surface area contributed by atoms with E-state index < -0.39 is 5.41 Å². The van der Waals surface area contributed by atoms with Crippen molar-refractivity contribution in [3.05, 3.63) is 33.8 Å². The molecule has 1 aliphatic carbocycles. The van der Waals surface area contributed by atoms with Crippen LogP contribution < -0.4 is 4.74 Å². The molecule has 0 unspecified atom stereocenters. The van der Waals surface area contributed by atoms with Crippen LogP contribution in [0.3, 0.4) is 0 Å². The molecular formula is C17H14BrNO5. The number of benzene rings is 1. The normalized spacial score (nSPS) is 32.6. The van der Waals surface area contributed by atoms with Crippen molar-refractivity contribution in [3.8, 4) is 11.5 Å². The number of nitrogens with zero attached hydrogens (tertiary/aromatic N) is 1. The van der Waals surface area contributed by atoms with Gasteiger partial charge in [-0.15, -0.1) is 0 Å². The lowest BCUT2D eigenvalue weighted by atomic mass is 9.68. The van der Waals surface area contributed by atoms with Gasteiger partial charge in [0, 0.05) is 12.0 Å². The molecule has 124 valence electrons. The molecule has 0 bridgehead atoms. The van der Waals surface area contributed by atoms with Crippen LogP contribution in [0.4, 0.5) is 4.79 Å². The molecule has 1 N–H and O–H groups in total. The number of phenolic OH excluding ortho intramolecular Hbond substituents is 1. The van der Waals surface area contributed by atoms with E-state index in [1.165, 1.54) is 0 Å². The minimum Gasteiger partial charge on any atom is -0.507 e. The van der Waals surface area contributed by atoms with Gasteiger partial charge in [0.2, 0.25) is 0 Å². The van der Waals surface area contributed by atoms with Gasteiger partial charge in [0.1, 0.15) is 28.7 Å². The maximum absolute atomic E-state index is 12.1. The highest BCUT2D eigenvalue weighted by atomic mass is 79.9. The number of ether oxygens (including phenoxy) is 2. The number of amides is 1. The molecule has 3 atom stereocenters. The largest absolute Gasteiger partial charge is 0.507 e. The number of cyclic esters (lactones) is 1. The predicted octanol–water partition coefficient (Wildman–Crippen LogP) is 2.41. The number of carbonyl (C=O) groups excluding carboxylic acids is 2. The number of allylic oxidation sites excluding steroid dienone is 1. The van der Waals surface area contributed by atoms with E-state index in [1.807, 2.05) is 6.08 Å². The van der Waals surface area contributed by atoms with E-state index in [0.29, 0.717) is 36.2 Å². The fourth-order valence-corrected chi connectivity index (χ4v) is 4.87. The van der Waals surface area contributed by atoms with Gasteiger partial charge in [-0.1, -0.05) is 6.08 Å². The highest BCUT2D eigenvalue weighted by Crippen LogP contribution is 2.57. The molecule has 1 amide bonds. The molecular weight excluding hydrogens is 378 g/mol. The summed E-state index contributed by atoms with van der Waals surface area (Å²) < 4.78 is 11.8. The first kappa shape index (κ1) is 14.3. The van der Waals surface area contributed by atoms with E-state index in [2.05, 4.69) is 15.9 Å². The molecule has 1 aromatic carbocycles. The van der Waals surface area contributed by atoms with Gasteiger partial charge in [-0.3, -0.25) is 9.69 Å². The molecule has 7 heteroatoms. The quantitative estimate of drug-likeness (QED) is 0.734. The summed E-state index contributed by atoms with van der Waals surface area (Å²) in [4.78, 5) is 25.7. The molecule has 1 aromatic rings. The molecule has 1 spiro atoms. The molecule has 0 aromatic heterocycles. The molecule has 5 rings (SSSR count). The molecule has 4 aliphatic rings. The zero-order chi connectivity index (χ0) is 16.6. The van der Waals surface area contributed by atoms with Crippen molar-refractivity contribution in [2.75, 3.05) is 6.61 Å². The Hall–Kier alpha value is -2.02. The van der Waals surface area contributed by atoms with Gasteiger partial charge in [-0.05, 0) is 40.1 Å². The Labute approximate surface area is 146 Å². The summed E-state index contributed by atoms with van der Waals surface area (Å²) in [5.74, 6) is 0.683. The Morgan fingerprint density at radius 3 is 3.04 bits per heavy atom. The summed E-state index contributed by atoms with van der Waals surface area (Å²) in [5.41, 5.74) is 1.35. The minimum atomic E-state index is -0.470. The number of carbonyl (C=O) groups is 2. The lowest BCUT2D eigenvalue weighted by Gasteiger charge is -2.35. The summed E-state index contributed by atoms with van der Waals surface area (Å²) >= 11 is 3.40. The second kappa shape index (κ2) is 4.53. The van der Waals surface area contributed by atoms with Gasteiger partial charge in [0.05, 0.1) is 18.0 Å². The molecule has 1 saturated heterocycles. The maximum Gasteiger partial charge on any atom is 0.410 e. The van der Waals surface area contributed by atoms with Gasteiger partial charge in [0.15, 0.2) is 5.78 Å². The molecule has 1 fully saturated rings. The van der Waals surface area contributed by atoms with Crippen LogP contribution in [0.15, 0.2) is 22.7 Å². The number of fused-ring (bicyclic) bond motifs is 1. The van der Waals surface area contributed by atoms with Gasteiger partial charge in [-0.25, -0.2) is 4.79 Å². The minimum absolute atomic E-state index is 0.0279. The van der Waals surface area contributed by atoms with Crippen LogP contribution in [0.25, 0.3) is 0 Å². The van der Waals surface area contributed by atoms with Crippen molar-refractivity contribution < 1.29 is 24.2 Å². The topological polar surface area (TPSA) is 76.1 Å².